The molecule has 1 aliphatic heterocycles. The second-order valence-corrected chi connectivity index (χ2v) is 10.2. The number of nitrogens with one attached hydrogen (secondary N) is 1. The third kappa shape index (κ3) is 3.58. The number of hydrogen-bond donors (Lipinski definition) is 1. The Morgan fingerprint density at radius 3 is 2.56 bits per heavy atom. The number of thiophene rings is 1. The summed E-state index contributed by atoms with van der Waals surface area (Å²) < 4.78 is 27.3. The lowest BCUT2D eigenvalue weighted by atomic mass is 10.1. The Balaban J connectivity index is 1.40. The van der Waals surface area contributed by atoms with Crippen molar-refractivity contribution in [2.24, 2.45) is 0 Å². The fourth-order valence-corrected chi connectivity index (χ4v) is 6.26. The predicted octanol–water partition coefficient (Wildman–Crippen LogP) is 2.73. The average molecular weight is 404 g/mol. The van der Waals surface area contributed by atoms with E-state index in [-0.39, 0.29) is 5.78 Å². The van der Waals surface area contributed by atoms with Gasteiger partial charge >= 0.3 is 0 Å². The van der Waals surface area contributed by atoms with E-state index in [1.807, 2.05) is 42.2 Å². The molecule has 0 unspecified atom stereocenters. The van der Waals surface area contributed by atoms with Crippen LogP contribution in [0.5, 0.6) is 0 Å². The van der Waals surface area contributed by atoms with Gasteiger partial charge in [0.25, 0.3) is 10.0 Å². The summed E-state index contributed by atoms with van der Waals surface area (Å²) in [6.45, 7) is 4.11. The maximum atomic E-state index is 12.7. The monoisotopic (exact) mass is 403 g/mol. The van der Waals surface area contributed by atoms with E-state index in [9.17, 15) is 13.2 Å². The van der Waals surface area contributed by atoms with Crippen molar-refractivity contribution in [3.63, 3.8) is 0 Å². The number of sulfonamides is 1. The molecule has 0 bridgehead atoms. The molecule has 0 aliphatic carbocycles. The largest absolute Gasteiger partial charge is 0.360 e. The second kappa shape index (κ2) is 7.20. The summed E-state index contributed by atoms with van der Waals surface area (Å²) in [7, 11) is -3.43. The summed E-state index contributed by atoms with van der Waals surface area (Å²) in [4.78, 5) is 18.8. The number of carbonyl (C=O) groups excluding carboxylic acids is 1. The minimum Gasteiger partial charge on any atom is -0.360 e. The van der Waals surface area contributed by atoms with E-state index < -0.39 is 10.0 Å². The fourth-order valence-electron chi connectivity index (χ4n) is 3.40. The minimum atomic E-state index is -3.43. The molecule has 27 heavy (non-hydrogen) atoms. The van der Waals surface area contributed by atoms with Crippen molar-refractivity contribution in [1.29, 1.82) is 0 Å². The molecule has 4 rings (SSSR count). The molecule has 3 heterocycles. The number of fused-ring (bicyclic) bond motifs is 1. The number of hydrogen-bond acceptors (Lipinski definition) is 5. The summed E-state index contributed by atoms with van der Waals surface area (Å²) in [5.74, 6) is 0.0534. The molecule has 0 spiro atoms. The Hall–Kier alpha value is -2.00. The number of Topliss-reactive ketones (excluding diaryl/α,β-unsaturated/α-hetero) is 1. The number of ketones is 1. The number of nitrogens with zero attached hydrogens (tertiary/aromatic N) is 2. The van der Waals surface area contributed by atoms with Gasteiger partial charge in [0.1, 0.15) is 4.21 Å². The van der Waals surface area contributed by atoms with Gasteiger partial charge in [0.2, 0.25) is 0 Å². The Morgan fingerprint density at radius 2 is 1.85 bits per heavy atom. The highest BCUT2D eigenvalue weighted by Gasteiger charge is 2.30. The molecule has 1 aliphatic rings. The normalized spacial score (nSPS) is 16.8. The summed E-state index contributed by atoms with van der Waals surface area (Å²) in [5, 5.41) is 0.928. The lowest BCUT2D eigenvalue weighted by Crippen LogP contribution is -2.49. The van der Waals surface area contributed by atoms with Crippen molar-refractivity contribution in [1.82, 2.24) is 14.2 Å². The molecule has 0 saturated carbocycles. The molecule has 3 aromatic rings. The minimum absolute atomic E-state index is 0.0534. The van der Waals surface area contributed by atoms with Crippen LogP contribution in [-0.4, -0.2) is 61.1 Å². The van der Waals surface area contributed by atoms with Gasteiger partial charge < -0.3 is 4.98 Å². The molecule has 8 heteroatoms. The van der Waals surface area contributed by atoms with E-state index in [0.717, 1.165) is 15.8 Å². The first-order chi connectivity index (χ1) is 12.9. The number of H-pyrrole nitrogens is 1. The molecule has 0 amide bonds. The smallest absolute Gasteiger partial charge is 0.252 e. The van der Waals surface area contributed by atoms with Crippen LogP contribution in [0.4, 0.5) is 0 Å². The number of carbonyl (C=O) groups is 1. The van der Waals surface area contributed by atoms with Crippen LogP contribution in [0, 0.1) is 6.92 Å². The highest BCUT2D eigenvalue weighted by Crippen LogP contribution is 2.25. The first-order valence-corrected chi connectivity index (χ1v) is 11.1. The van der Waals surface area contributed by atoms with Gasteiger partial charge in [0.15, 0.2) is 5.78 Å². The number of aromatic amines is 1. The Bertz CT molecular complexity index is 1080. The zero-order chi connectivity index (χ0) is 19.0. The number of piperazine rings is 1. The Labute approximate surface area is 162 Å². The molecule has 0 atom stereocenters. The van der Waals surface area contributed by atoms with E-state index >= 15 is 0 Å². The molecule has 0 radical (unpaired) electrons. The second-order valence-electron chi connectivity index (χ2n) is 6.72. The van der Waals surface area contributed by atoms with Crippen molar-refractivity contribution in [3.8, 4) is 0 Å². The molecular formula is C19H21N3O3S2. The Morgan fingerprint density at radius 1 is 1.11 bits per heavy atom. The van der Waals surface area contributed by atoms with Crippen LogP contribution in [0.15, 0.2) is 46.8 Å². The third-order valence-electron chi connectivity index (χ3n) is 4.90. The highest BCUT2D eigenvalue weighted by atomic mass is 32.2. The van der Waals surface area contributed by atoms with Gasteiger partial charge in [-0.05, 0) is 25.1 Å². The number of aryl methyl sites for hydroxylation is 1. The van der Waals surface area contributed by atoms with Crippen molar-refractivity contribution >= 4 is 38.0 Å². The molecule has 1 aromatic carbocycles. The summed E-state index contributed by atoms with van der Waals surface area (Å²) >= 11 is 1.30. The third-order valence-corrected chi connectivity index (χ3v) is 8.26. The highest BCUT2D eigenvalue weighted by molar-refractivity contribution is 7.91. The number of benzene rings is 1. The number of rotatable bonds is 5. The molecule has 1 N–H and O–H groups in total. The van der Waals surface area contributed by atoms with E-state index in [4.69, 9.17) is 0 Å². The number of aromatic nitrogens is 1. The lowest BCUT2D eigenvalue weighted by Gasteiger charge is -2.33. The van der Waals surface area contributed by atoms with Gasteiger partial charge in [0.05, 0.1) is 6.54 Å². The summed E-state index contributed by atoms with van der Waals surface area (Å²) in [6.07, 6.45) is 1.76. The predicted molar refractivity (Wildman–Crippen MR) is 107 cm³/mol. The fraction of sp³-hybridized carbons (Fsp3) is 0.316. The van der Waals surface area contributed by atoms with Gasteiger partial charge in [-0.1, -0.05) is 18.2 Å². The summed E-state index contributed by atoms with van der Waals surface area (Å²) in [5.41, 5.74) is 1.64. The van der Waals surface area contributed by atoms with E-state index in [1.54, 1.807) is 12.3 Å². The van der Waals surface area contributed by atoms with Crippen LogP contribution in [-0.2, 0) is 10.0 Å². The van der Waals surface area contributed by atoms with Gasteiger partial charge in [-0.15, -0.1) is 11.3 Å². The van der Waals surface area contributed by atoms with E-state index in [2.05, 4.69) is 4.98 Å². The standard InChI is InChI=1S/C19H21N3O3S2/c1-14-6-7-19(26-14)27(24,25)22-10-8-21(9-11-22)13-18(23)16-12-20-17-5-3-2-4-15(16)17/h2-7,12,20H,8-11,13H2,1H3. The van der Waals surface area contributed by atoms with Crippen LogP contribution in [0.25, 0.3) is 10.9 Å². The maximum absolute atomic E-state index is 12.7. The molecule has 142 valence electrons. The van der Waals surface area contributed by atoms with Crippen LogP contribution in [0.3, 0.4) is 0 Å². The van der Waals surface area contributed by atoms with Gasteiger partial charge in [-0.3, -0.25) is 9.69 Å². The van der Waals surface area contributed by atoms with Crippen molar-refractivity contribution in [2.75, 3.05) is 32.7 Å². The molecule has 1 saturated heterocycles. The topological polar surface area (TPSA) is 73.5 Å². The first-order valence-electron chi connectivity index (χ1n) is 8.83. The maximum Gasteiger partial charge on any atom is 0.252 e. The Kier molecular flexibility index (Phi) is 4.90. The SMILES string of the molecule is Cc1ccc(S(=O)(=O)N2CCN(CC(=O)c3c[nH]c4ccccc34)CC2)s1. The van der Waals surface area contributed by atoms with E-state index in [1.165, 1.54) is 15.6 Å². The van der Waals surface area contributed by atoms with E-state index in [0.29, 0.717) is 42.5 Å². The van der Waals surface area contributed by atoms with Gasteiger partial charge in [0, 0.05) is 53.7 Å². The average Bonchev–Trinajstić information content (AvgIpc) is 3.29. The number of para-hydroxylation sites is 1. The molecule has 6 nitrogen and oxygen atoms in total. The van der Waals surface area contributed by atoms with Crippen molar-refractivity contribution in [3.05, 3.63) is 53.0 Å². The van der Waals surface area contributed by atoms with Crippen LogP contribution in [0.1, 0.15) is 15.2 Å². The van der Waals surface area contributed by atoms with Crippen LogP contribution in [0.2, 0.25) is 0 Å². The van der Waals surface area contributed by atoms with Gasteiger partial charge in [-0.2, -0.15) is 4.31 Å². The lowest BCUT2D eigenvalue weighted by molar-refractivity contribution is 0.0903. The van der Waals surface area contributed by atoms with Crippen molar-refractivity contribution < 1.29 is 13.2 Å². The first kappa shape index (κ1) is 18.4. The molecular weight excluding hydrogens is 382 g/mol. The molecule has 2 aromatic heterocycles. The quantitative estimate of drug-likeness (QED) is 0.665. The zero-order valence-electron chi connectivity index (χ0n) is 15.0. The molecule has 1 fully saturated rings. The zero-order valence-corrected chi connectivity index (χ0v) is 16.6. The van der Waals surface area contributed by atoms with Gasteiger partial charge in [-0.25, -0.2) is 8.42 Å². The van der Waals surface area contributed by atoms with Crippen molar-refractivity contribution in [2.45, 2.75) is 11.1 Å². The summed E-state index contributed by atoms with van der Waals surface area (Å²) in [6, 6.07) is 11.2. The van der Waals surface area contributed by atoms with Crippen LogP contribution >= 0.6 is 11.3 Å². The van der Waals surface area contributed by atoms with Crippen LogP contribution < -0.4 is 0 Å².